The molecule has 0 aliphatic heterocycles. The van der Waals surface area contributed by atoms with Crippen molar-refractivity contribution in [1.82, 2.24) is 0 Å². The van der Waals surface area contributed by atoms with Crippen molar-refractivity contribution >= 4 is 34.8 Å². The summed E-state index contributed by atoms with van der Waals surface area (Å²) < 4.78 is 0. The molecular formula is C15H14ClN3O2. The van der Waals surface area contributed by atoms with Crippen molar-refractivity contribution in [1.29, 1.82) is 0 Å². The first-order valence-electron chi connectivity index (χ1n) is 6.20. The summed E-state index contributed by atoms with van der Waals surface area (Å²) in [5, 5.41) is 3.12. The highest BCUT2D eigenvalue weighted by Gasteiger charge is 2.11. The molecule has 5 nitrogen and oxygen atoms in total. The molecule has 0 radical (unpaired) electrons. The number of primary amides is 1. The number of nitrogen functional groups attached to an aromatic ring is 1. The van der Waals surface area contributed by atoms with Crippen LogP contribution in [0.4, 0.5) is 11.4 Å². The number of anilines is 2. The fraction of sp³-hybridized carbons (Fsp3) is 0.0667. The lowest BCUT2D eigenvalue weighted by molar-refractivity contribution is -0.117. The van der Waals surface area contributed by atoms with E-state index in [1.165, 1.54) is 6.07 Å². The quantitative estimate of drug-likeness (QED) is 0.755. The van der Waals surface area contributed by atoms with Crippen molar-refractivity contribution in [3.05, 3.63) is 58.6 Å². The van der Waals surface area contributed by atoms with E-state index in [9.17, 15) is 9.59 Å². The maximum atomic E-state index is 12.2. The predicted octanol–water partition coefficient (Wildman–Crippen LogP) is 2.20. The molecule has 108 valence electrons. The Hall–Kier alpha value is -2.53. The van der Waals surface area contributed by atoms with Gasteiger partial charge in [0, 0.05) is 11.3 Å². The zero-order valence-corrected chi connectivity index (χ0v) is 11.9. The van der Waals surface area contributed by atoms with Crippen LogP contribution in [0.1, 0.15) is 15.9 Å². The first-order chi connectivity index (χ1) is 9.97. The van der Waals surface area contributed by atoms with Gasteiger partial charge in [-0.1, -0.05) is 29.8 Å². The van der Waals surface area contributed by atoms with Crippen LogP contribution in [0.2, 0.25) is 5.02 Å². The van der Waals surface area contributed by atoms with Gasteiger partial charge in [-0.2, -0.15) is 0 Å². The molecule has 0 bridgehead atoms. The molecule has 0 fully saturated rings. The molecule has 0 aliphatic carbocycles. The summed E-state index contributed by atoms with van der Waals surface area (Å²) >= 11 is 5.82. The molecule has 0 aromatic heterocycles. The lowest BCUT2D eigenvalue weighted by atomic mass is 10.1. The number of carbonyl (C=O) groups excluding carboxylic acids is 2. The summed E-state index contributed by atoms with van der Waals surface area (Å²) in [6.07, 6.45) is 0.0548. The molecule has 0 unspecified atom stereocenters. The van der Waals surface area contributed by atoms with Gasteiger partial charge < -0.3 is 16.8 Å². The van der Waals surface area contributed by atoms with Crippen molar-refractivity contribution in [3.63, 3.8) is 0 Å². The third kappa shape index (κ3) is 3.73. The van der Waals surface area contributed by atoms with Gasteiger partial charge in [-0.15, -0.1) is 0 Å². The average molecular weight is 304 g/mol. The molecule has 0 saturated carbocycles. The van der Waals surface area contributed by atoms with Crippen LogP contribution in [-0.4, -0.2) is 11.8 Å². The van der Waals surface area contributed by atoms with Crippen molar-refractivity contribution in [2.45, 2.75) is 6.42 Å². The molecule has 2 rings (SSSR count). The highest BCUT2D eigenvalue weighted by molar-refractivity contribution is 6.33. The van der Waals surface area contributed by atoms with Gasteiger partial charge in [-0.25, -0.2) is 0 Å². The zero-order valence-electron chi connectivity index (χ0n) is 11.1. The third-order valence-corrected chi connectivity index (χ3v) is 3.23. The molecule has 0 atom stereocenters. The number of amides is 2. The number of benzene rings is 2. The summed E-state index contributed by atoms with van der Waals surface area (Å²) in [6.45, 7) is 0. The molecule has 0 saturated heterocycles. The van der Waals surface area contributed by atoms with E-state index in [4.69, 9.17) is 23.1 Å². The largest absolute Gasteiger partial charge is 0.398 e. The number of hydrogen-bond acceptors (Lipinski definition) is 3. The van der Waals surface area contributed by atoms with Crippen LogP contribution in [0.15, 0.2) is 42.5 Å². The lowest BCUT2D eigenvalue weighted by Gasteiger charge is -2.10. The molecule has 21 heavy (non-hydrogen) atoms. The van der Waals surface area contributed by atoms with Gasteiger partial charge in [0.2, 0.25) is 5.91 Å². The zero-order chi connectivity index (χ0) is 15.4. The molecule has 2 amide bonds. The molecule has 0 spiro atoms. The minimum atomic E-state index is -0.465. The van der Waals surface area contributed by atoms with Crippen LogP contribution in [0, 0.1) is 0 Å². The third-order valence-electron chi connectivity index (χ3n) is 2.89. The second-order valence-electron chi connectivity index (χ2n) is 4.49. The Morgan fingerprint density at radius 2 is 1.86 bits per heavy atom. The molecule has 5 N–H and O–H groups in total. The Labute approximate surface area is 126 Å². The van der Waals surface area contributed by atoms with Gasteiger partial charge in [0.15, 0.2) is 0 Å². The van der Waals surface area contributed by atoms with E-state index in [-0.39, 0.29) is 12.3 Å². The maximum absolute atomic E-state index is 12.2. The number of nitrogens with one attached hydrogen (secondary N) is 1. The number of carbonyl (C=O) groups is 2. The first kappa shape index (κ1) is 14.9. The molecular weight excluding hydrogens is 290 g/mol. The summed E-state index contributed by atoms with van der Waals surface area (Å²) in [4.78, 5) is 23.2. The van der Waals surface area contributed by atoms with Crippen molar-refractivity contribution in [3.8, 4) is 0 Å². The van der Waals surface area contributed by atoms with E-state index in [1.54, 1.807) is 36.4 Å². The summed E-state index contributed by atoms with van der Waals surface area (Å²) in [5.41, 5.74) is 12.8. The molecule has 2 aromatic rings. The topological polar surface area (TPSA) is 98.2 Å². The van der Waals surface area contributed by atoms with Crippen molar-refractivity contribution in [2.24, 2.45) is 5.73 Å². The monoisotopic (exact) mass is 303 g/mol. The Balaban J connectivity index is 2.23. The van der Waals surface area contributed by atoms with Crippen LogP contribution in [0.5, 0.6) is 0 Å². The first-order valence-corrected chi connectivity index (χ1v) is 6.58. The standard InChI is InChI=1S/C15H14ClN3O2/c16-11-6-5-10(7-12(11)17)15(21)19-13-4-2-1-3-9(13)8-14(18)20/h1-7H,8,17H2,(H2,18,20)(H,19,21). The SMILES string of the molecule is NC(=O)Cc1ccccc1NC(=O)c1ccc(Cl)c(N)c1. The predicted molar refractivity (Wildman–Crippen MR) is 83.2 cm³/mol. The van der Waals surface area contributed by atoms with Crippen molar-refractivity contribution < 1.29 is 9.59 Å². The van der Waals surface area contributed by atoms with E-state index in [0.29, 0.717) is 27.5 Å². The van der Waals surface area contributed by atoms with Crippen LogP contribution in [0.25, 0.3) is 0 Å². The van der Waals surface area contributed by atoms with E-state index in [1.807, 2.05) is 0 Å². The molecule has 2 aromatic carbocycles. The second-order valence-corrected chi connectivity index (χ2v) is 4.90. The molecule has 0 aliphatic rings. The highest BCUT2D eigenvalue weighted by atomic mass is 35.5. The molecule has 6 heteroatoms. The van der Waals surface area contributed by atoms with Crippen LogP contribution >= 0.6 is 11.6 Å². The number of hydrogen-bond donors (Lipinski definition) is 3. The Bertz CT molecular complexity index is 701. The fourth-order valence-corrected chi connectivity index (χ4v) is 1.98. The van der Waals surface area contributed by atoms with E-state index in [0.717, 1.165) is 0 Å². The number of para-hydroxylation sites is 1. The van der Waals surface area contributed by atoms with Crippen LogP contribution in [-0.2, 0) is 11.2 Å². The van der Waals surface area contributed by atoms with Gasteiger partial charge in [0.1, 0.15) is 0 Å². The van der Waals surface area contributed by atoms with E-state index in [2.05, 4.69) is 5.32 Å². The normalized spacial score (nSPS) is 10.1. The average Bonchev–Trinajstić information content (AvgIpc) is 2.43. The Kier molecular flexibility index (Phi) is 4.45. The summed E-state index contributed by atoms with van der Waals surface area (Å²) in [6, 6.07) is 11.6. The Morgan fingerprint density at radius 3 is 2.52 bits per heavy atom. The minimum absolute atomic E-state index is 0.0548. The smallest absolute Gasteiger partial charge is 0.255 e. The highest BCUT2D eigenvalue weighted by Crippen LogP contribution is 2.21. The number of rotatable bonds is 4. The number of halogens is 1. The Morgan fingerprint density at radius 1 is 1.14 bits per heavy atom. The maximum Gasteiger partial charge on any atom is 0.255 e. The fourth-order valence-electron chi connectivity index (χ4n) is 1.86. The van der Waals surface area contributed by atoms with Crippen LogP contribution < -0.4 is 16.8 Å². The van der Waals surface area contributed by atoms with Crippen LogP contribution in [0.3, 0.4) is 0 Å². The van der Waals surface area contributed by atoms with Gasteiger partial charge >= 0.3 is 0 Å². The van der Waals surface area contributed by atoms with Gasteiger partial charge in [0.25, 0.3) is 5.91 Å². The summed E-state index contributed by atoms with van der Waals surface area (Å²) in [5.74, 6) is -0.803. The van der Waals surface area contributed by atoms with Crippen molar-refractivity contribution in [2.75, 3.05) is 11.1 Å². The molecule has 0 heterocycles. The summed E-state index contributed by atoms with van der Waals surface area (Å²) in [7, 11) is 0. The van der Waals surface area contributed by atoms with Gasteiger partial charge in [-0.05, 0) is 29.8 Å². The van der Waals surface area contributed by atoms with Gasteiger partial charge in [0.05, 0.1) is 17.1 Å². The lowest BCUT2D eigenvalue weighted by Crippen LogP contribution is -2.17. The van der Waals surface area contributed by atoms with Gasteiger partial charge in [-0.3, -0.25) is 9.59 Å². The minimum Gasteiger partial charge on any atom is -0.398 e. The van der Waals surface area contributed by atoms with E-state index < -0.39 is 5.91 Å². The van der Waals surface area contributed by atoms with E-state index >= 15 is 0 Å². The second kappa shape index (κ2) is 6.28. The number of nitrogens with two attached hydrogens (primary N) is 2.